The van der Waals surface area contributed by atoms with Crippen molar-refractivity contribution in [3.05, 3.63) is 18.2 Å². The predicted octanol–water partition coefficient (Wildman–Crippen LogP) is 2.70. The molecule has 0 aliphatic carbocycles. The SMILES string of the molecule is CC(C)CCS(=O)(=O)c1nc2ccc(N)cc2s1. The number of aromatic nitrogens is 1. The molecule has 0 aliphatic heterocycles. The Labute approximate surface area is 111 Å². The van der Waals surface area contributed by atoms with Crippen molar-refractivity contribution >= 4 is 37.1 Å². The monoisotopic (exact) mass is 284 g/mol. The van der Waals surface area contributed by atoms with Crippen molar-refractivity contribution in [2.45, 2.75) is 24.6 Å². The first kappa shape index (κ1) is 13.3. The second-order valence-electron chi connectivity index (χ2n) is 4.71. The van der Waals surface area contributed by atoms with Crippen molar-refractivity contribution in [2.75, 3.05) is 11.5 Å². The lowest BCUT2D eigenvalue weighted by Crippen LogP contribution is -2.08. The van der Waals surface area contributed by atoms with Gasteiger partial charge in [-0.25, -0.2) is 13.4 Å². The molecule has 0 fully saturated rings. The summed E-state index contributed by atoms with van der Waals surface area (Å²) in [6.45, 7) is 4.02. The molecule has 0 amide bonds. The molecule has 2 aromatic rings. The molecule has 6 heteroatoms. The standard InChI is InChI=1S/C12H16N2O2S2/c1-8(2)5-6-18(15,16)12-14-10-4-3-9(13)7-11(10)17-12/h3-4,7-8H,5-6,13H2,1-2H3. The minimum absolute atomic E-state index is 0.153. The van der Waals surface area contributed by atoms with Gasteiger partial charge in [-0.1, -0.05) is 13.8 Å². The van der Waals surface area contributed by atoms with Gasteiger partial charge in [0, 0.05) is 5.69 Å². The summed E-state index contributed by atoms with van der Waals surface area (Å²) in [5.41, 5.74) is 6.98. The average molecular weight is 284 g/mol. The number of hydrogen-bond acceptors (Lipinski definition) is 5. The van der Waals surface area contributed by atoms with Crippen LogP contribution in [0.25, 0.3) is 10.2 Å². The van der Waals surface area contributed by atoms with E-state index >= 15 is 0 Å². The molecule has 0 saturated heterocycles. The van der Waals surface area contributed by atoms with Gasteiger partial charge in [0.1, 0.15) is 0 Å². The molecule has 0 radical (unpaired) electrons. The first-order valence-corrected chi connectivity index (χ1v) is 8.24. The van der Waals surface area contributed by atoms with Crippen LogP contribution in [0.1, 0.15) is 20.3 Å². The van der Waals surface area contributed by atoms with E-state index in [9.17, 15) is 8.42 Å². The van der Waals surface area contributed by atoms with Gasteiger partial charge < -0.3 is 5.73 Å². The molecule has 0 unspecified atom stereocenters. The van der Waals surface area contributed by atoms with E-state index in [1.165, 1.54) is 11.3 Å². The largest absolute Gasteiger partial charge is 0.399 e. The highest BCUT2D eigenvalue weighted by Gasteiger charge is 2.19. The Balaban J connectivity index is 2.36. The van der Waals surface area contributed by atoms with Gasteiger partial charge in [-0.3, -0.25) is 0 Å². The minimum Gasteiger partial charge on any atom is -0.399 e. The van der Waals surface area contributed by atoms with Gasteiger partial charge in [0.05, 0.1) is 16.0 Å². The molecule has 1 aromatic heterocycles. The van der Waals surface area contributed by atoms with Crippen LogP contribution in [0.5, 0.6) is 0 Å². The molecule has 2 N–H and O–H groups in total. The van der Waals surface area contributed by atoms with Gasteiger partial charge >= 0.3 is 0 Å². The van der Waals surface area contributed by atoms with Gasteiger partial charge in [-0.05, 0) is 30.5 Å². The Morgan fingerprint density at radius 2 is 2.11 bits per heavy atom. The fourth-order valence-corrected chi connectivity index (χ4v) is 4.50. The summed E-state index contributed by atoms with van der Waals surface area (Å²) in [7, 11) is -3.26. The Morgan fingerprint density at radius 3 is 2.78 bits per heavy atom. The van der Waals surface area contributed by atoms with Gasteiger partial charge in [-0.15, -0.1) is 11.3 Å². The van der Waals surface area contributed by atoms with Crippen molar-refractivity contribution in [3.8, 4) is 0 Å². The maximum absolute atomic E-state index is 12.1. The third-order valence-corrected chi connectivity index (χ3v) is 5.84. The third-order valence-electron chi connectivity index (χ3n) is 2.62. The number of nitrogens with zero attached hydrogens (tertiary/aromatic N) is 1. The molecular weight excluding hydrogens is 268 g/mol. The number of nitrogen functional groups attached to an aromatic ring is 1. The highest BCUT2D eigenvalue weighted by atomic mass is 32.2. The molecule has 2 rings (SSSR count). The predicted molar refractivity (Wildman–Crippen MR) is 75.5 cm³/mol. The van der Waals surface area contributed by atoms with Crippen LogP contribution in [-0.4, -0.2) is 19.2 Å². The van der Waals surface area contributed by atoms with Crippen molar-refractivity contribution < 1.29 is 8.42 Å². The highest BCUT2D eigenvalue weighted by molar-refractivity contribution is 7.93. The van der Waals surface area contributed by atoms with E-state index in [1.807, 2.05) is 13.8 Å². The fraction of sp³-hybridized carbons (Fsp3) is 0.417. The summed E-state index contributed by atoms with van der Waals surface area (Å²) < 4.78 is 25.2. The summed E-state index contributed by atoms with van der Waals surface area (Å²) in [4.78, 5) is 4.18. The second kappa shape index (κ2) is 4.85. The second-order valence-corrected chi connectivity index (χ2v) is 8.02. The number of anilines is 1. The number of hydrogen-bond donors (Lipinski definition) is 1. The smallest absolute Gasteiger partial charge is 0.210 e. The van der Waals surface area contributed by atoms with E-state index in [-0.39, 0.29) is 10.1 Å². The zero-order valence-electron chi connectivity index (χ0n) is 10.4. The van der Waals surface area contributed by atoms with Gasteiger partial charge in [-0.2, -0.15) is 0 Å². The normalized spacial score (nSPS) is 12.4. The average Bonchev–Trinajstić information content (AvgIpc) is 2.70. The summed E-state index contributed by atoms with van der Waals surface area (Å²) in [5.74, 6) is 0.518. The fourth-order valence-electron chi connectivity index (χ4n) is 1.53. The first-order valence-electron chi connectivity index (χ1n) is 5.77. The van der Waals surface area contributed by atoms with Crippen LogP contribution in [0.3, 0.4) is 0 Å². The summed E-state index contributed by atoms with van der Waals surface area (Å²) in [6, 6.07) is 5.24. The van der Waals surface area contributed by atoms with E-state index < -0.39 is 9.84 Å². The van der Waals surface area contributed by atoms with Crippen molar-refractivity contribution in [1.29, 1.82) is 0 Å². The highest BCUT2D eigenvalue weighted by Crippen LogP contribution is 2.28. The van der Waals surface area contributed by atoms with Crippen molar-refractivity contribution in [3.63, 3.8) is 0 Å². The minimum atomic E-state index is -3.26. The molecular formula is C12H16N2O2S2. The van der Waals surface area contributed by atoms with E-state index in [1.54, 1.807) is 18.2 Å². The molecule has 98 valence electrons. The lowest BCUT2D eigenvalue weighted by atomic mass is 10.2. The molecule has 18 heavy (non-hydrogen) atoms. The molecule has 0 spiro atoms. The third kappa shape index (κ3) is 2.81. The summed E-state index contributed by atoms with van der Waals surface area (Å²) in [6.07, 6.45) is 0.653. The molecule has 4 nitrogen and oxygen atoms in total. The zero-order valence-corrected chi connectivity index (χ0v) is 12.0. The maximum atomic E-state index is 12.1. The van der Waals surface area contributed by atoms with Gasteiger partial charge in [0.25, 0.3) is 0 Å². The number of fused-ring (bicyclic) bond motifs is 1. The van der Waals surface area contributed by atoms with E-state index in [4.69, 9.17) is 5.73 Å². The van der Waals surface area contributed by atoms with Crippen LogP contribution in [0, 0.1) is 5.92 Å². The number of rotatable bonds is 4. The summed E-state index contributed by atoms with van der Waals surface area (Å²) >= 11 is 1.19. The van der Waals surface area contributed by atoms with Crippen LogP contribution in [0.15, 0.2) is 22.5 Å². The Kier molecular flexibility index (Phi) is 3.59. The van der Waals surface area contributed by atoms with Gasteiger partial charge in [0.2, 0.25) is 14.2 Å². The number of nitrogens with two attached hydrogens (primary N) is 1. The molecule has 0 bridgehead atoms. The lowest BCUT2D eigenvalue weighted by Gasteiger charge is -2.03. The van der Waals surface area contributed by atoms with E-state index in [2.05, 4.69) is 4.98 Å². The molecule has 1 aromatic carbocycles. The summed E-state index contributed by atoms with van der Waals surface area (Å²) in [5, 5.41) is 0. The molecule has 0 saturated carbocycles. The lowest BCUT2D eigenvalue weighted by molar-refractivity contribution is 0.573. The Hall–Kier alpha value is -1.14. The van der Waals surface area contributed by atoms with Crippen molar-refractivity contribution in [1.82, 2.24) is 4.98 Å². The van der Waals surface area contributed by atoms with Crippen LogP contribution in [0.2, 0.25) is 0 Å². The van der Waals surface area contributed by atoms with Crippen LogP contribution in [-0.2, 0) is 9.84 Å². The molecule has 0 atom stereocenters. The van der Waals surface area contributed by atoms with Gasteiger partial charge in [0.15, 0.2) is 0 Å². The zero-order chi connectivity index (χ0) is 13.3. The molecule has 0 aliphatic rings. The number of thiazole rings is 1. The topological polar surface area (TPSA) is 73.0 Å². The number of sulfone groups is 1. The number of benzene rings is 1. The van der Waals surface area contributed by atoms with Crippen LogP contribution >= 0.6 is 11.3 Å². The Morgan fingerprint density at radius 1 is 1.39 bits per heavy atom. The Bertz CT molecular complexity index is 660. The maximum Gasteiger partial charge on any atom is 0.210 e. The van der Waals surface area contributed by atoms with E-state index in [0.29, 0.717) is 23.5 Å². The first-order chi connectivity index (χ1) is 8.38. The van der Waals surface area contributed by atoms with E-state index in [0.717, 1.165) is 4.70 Å². The van der Waals surface area contributed by atoms with Crippen molar-refractivity contribution in [2.24, 2.45) is 5.92 Å². The molecule has 1 heterocycles. The van der Waals surface area contributed by atoms with Crippen LogP contribution in [0.4, 0.5) is 5.69 Å². The van der Waals surface area contributed by atoms with Crippen LogP contribution < -0.4 is 5.73 Å². The quantitative estimate of drug-likeness (QED) is 0.876.